The van der Waals surface area contributed by atoms with Gasteiger partial charge in [0, 0.05) is 16.3 Å². The number of halogens is 1. The summed E-state index contributed by atoms with van der Waals surface area (Å²) in [5, 5.41) is 7.05. The first-order chi connectivity index (χ1) is 12.4. The number of hydrogen-bond donors (Lipinski definition) is 2. The van der Waals surface area contributed by atoms with Crippen LogP contribution in [-0.4, -0.2) is 24.1 Å². The molecule has 0 aliphatic heterocycles. The third kappa shape index (κ3) is 6.57. The molecule has 0 bridgehead atoms. The van der Waals surface area contributed by atoms with Crippen LogP contribution in [0.25, 0.3) is 0 Å². The van der Waals surface area contributed by atoms with Gasteiger partial charge >= 0.3 is 0 Å². The number of benzene rings is 2. The second-order valence-electron chi connectivity index (χ2n) is 5.73. The molecule has 2 aromatic carbocycles. The van der Waals surface area contributed by atoms with Crippen LogP contribution < -0.4 is 15.5 Å². The average molecular weight is 374 g/mol. The quantitative estimate of drug-likeness (QED) is 0.442. The molecule has 0 saturated carbocycles. The fourth-order valence-electron chi connectivity index (χ4n) is 2.05. The zero-order valence-corrected chi connectivity index (χ0v) is 15.3. The third-order valence-electron chi connectivity index (χ3n) is 3.12. The lowest BCUT2D eigenvalue weighted by atomic mass is 10.2. The molecule has 0 unspecified atom stereocenters. The van der Waals surface area contributed by atoms with Gasteiger partial charge in [0.25, 0.3) is 0 Å². The first kappa shape index (κ1) is 19.5. The Labute approximate surface area is 157 Å². The molecule has 0 atom stereocenters. The third-order valence-corrected chi connectivity index (χ3v) is 3.38. The molecular formula is C19H20ClN3O3. The lowest BCUT2D eigenvalue weighted by Crippen LogP contribution is -2.24. The molecule has 2 amide bonds. The van der Waals surface area contributed by atoms with Gasteiger partial charge < -0.3 is 10.1 Å². The zero-order valence-electron chi connectivity index (χ0n) is 14.5. The Kier molecular flexibility index (Phi) is 7.17. The van der Waals surface area contributed by atoms with Crippen molar-refractivity contribution in [3.63, 3.8) is 0 Å². The number of hydrazone groups is 1. The molecular weight excluding hydrogens is 354 g/mol. The summed E-state index contributed by atoms with van der Waals surface area (Å²) in [6.45, 7) is 3.85. The van der Waals surface area contributed by atoms with Crippen molar-refractivity contribution in [1.29, 1.82) is 0 Å². The van der Waals surface area contributed by atoms with E-state index in [4.69, 9.17) is 16.3 Å². The van der Waals surface area contributed by atoms with Crippen LogP contribution in [0, 0.1) is 0 Å². The summed E-state index contributed by atoms with van der Waals surface area (Å²) in [7, 11) is 0. The van der Waals surface area contributed by atoms with Crippen molar-refractivity contribution in [3.05, 3.63) is 59.1 Å². The molecule has 0 fully saturated rings. The Bertz CT molecular complexity index is 789. The summed E-state index contributed by atoms with van der Waals surface area (Å²) in [6.07, 6.45) is 1.16. The van der Waals surface area contributed by atoms with Gasteiger partial charge in [-0.3, -0.25) is 9.59 Å². The summed E-state index contributed by atoms with van der Waals surface area (Å²) >= 11 is 5.78. The molecule has 0 aromatic heterocycles. The number of amides is 2. The van der Waals surface area contributed by atoms with Gasteiger partial charge in [0.1, 0.15) is 12.2 Å². The number of hydrogen-bond acceptors (Lipinski definition) is 4. The van der Waals surface area contributed by atoms with Gasteiger partial charge in [-0.1, -0.05) is 23.7 Å². The lowest BCUT2D eigenvalue weighted by Gasteiger charge is -2.11. The number of ether oxygens (including phenoxy) is 1. The molecule has 0 heterocycles. The molecule has 0 saturated heterocycles. The van der Waals surface area contributed by atoms with Crippen molar-refractivity contribution < 1.29 is 14.3 Å². The summed E-state index contributed by atoms with van der Waals surface area (Å²) in [4.78, 5) is 23.7. The highest BCUT2D eigenvalue weighted by Gasteiger charge is 2.09. The maximum absolute atomic E-state index is 11.8. The fraction of sp³-hybridized carbons (Fsp3) is 0.211. The number of nitrogens with zero attached hydrogens (tertiary/aromatic N) is 1. The first-order valence-corrected chi connectivity index (χ1v) is 8.45. The van der Waals surface area contributed by atoms with Crippen molar-refractivity contribution in [2.75, 3.05) is 5.32 Å². The molecule has 136 valence electrons. The molecule has 7 heteroatoms. The van der Waals surface area contributed by atoms with Crippen LogP contribution >= 0.6 is 11.6 Å². The van der Waals surface area contributed by atoms with Crippen LogP contribution in [0.3, 0.4) is 0 Å². The number of anilines is 1. The Balaban J connectivity index is 1.85. The second-order valence-corrected chi connectivity index (χ2v) is 6.17. The van der Waals surface area contributed by atoms with Crippen LogP contribution in [0.5, 0.6) is 5.75 Å². The van der Waals surface area contributed by atoms with Crippen LogP contribution in [0.15, 0.2) is 53.6 Å². The fourth-order valence-corrected chi connectivity index (χ4v) is 2.17. The molecule has 0 radical (unpaired) electrons. The largest absolute Gasteiger partial charge is 0.490 e. The van der Waals surface area contributed by atoms with Crippen molar-refractivity contribution in [1.82, 2.24) is 5.43 Å². The standard InChI is InChI=1S/C19H20ClN3O3/c1-13(2)26-17-6-4-3-5-14(17)12-21-23-19(25)11-18(24)22-16-9-7-15(20)8-10-16/h3-10,12-13H,11H2,1-2H3,(H,22,24)(H,23,25). The summed E-state index contributed by atoms with van der Waals surface area (Å²) in [5.41, 5.74) is 3.62. The van der Waals surface area contributed by atoms with Crippen molar-refractivity contribution in [3.8, 4) is 5.75 Å². The van der Waals surface area contributed by atoms with Crippen LogP contribution in [0.4, 0.5) is 5.69 Å². The molecule has 0 spiro atoms. The Hall–Kier alpha value is -2.86. The van der Waals surface area contributed by atoms with E-state index in [9.17, 15) is 9.59 Å². The summed E-state index contributed by atoms with van der Waals surface area (Å²) < 4.78 is 5.66. The van der Waals surface area contributed by atoms with Gasteiger partial charge in [-0.2, -0.15) is 5.10 Å². The molecule has 2 aromatic rings. The molecule has 6 nitrogen and oxygen atoms in total. The van der Waals surface area contributed by atoms with E-state index in [1.807, 2.05) is 38.1 Å². The van der Waals surface area contributed by atoms with E-state index in [1.54, 1.807) is 24.3 Å². The number of para-hydroxylation sites is 1. The lowest BCUT2D eigenvalue weighted by molar-refractivity contribution is -0.126. The first-order valence-electron chi connectivity index (χ1n) is 8.07. The van der Waals surface area contributed by atoms with Crippen LogP contribution in [-0.2, 0) is 9.59 Å². The normalized spacial score (nSPS) is 10.8. The summed E-state index contributed by atoms with van der Waals surface area (Å²) in [5.74, 6) is -0.292. The minimum Gasteiger partial charge on any atom is -0.490 e. The monoisotopic (exact) mass is 373 g/mol. The SMILES string of the molecule is CC(C)Oc1ccccc1C=NNC(=O)CC(=O)Nc1ccc(Cl)cc1. The van der Waals surface area contributed by atoms with Gasteiger partial charge in [0.15, 0.2) is 0 Å². The predicted octanol–water partition coefficient (Wildman–Crippen LogP) is 3.61. The van der Waals surface area contributed by atoms with Gasteiger partial charge in [0.2, 0.25) is 11.8 Å². The average Bonchev–Trinajstić information content (AvgIpc) is 2.58. The highest BCUT2D eigenvalue weighted by atomic mass is 35.5. The Morgan fingerprint density at radius 3 is 2.50 bits per heavy atom. The molecule has 0 aliphatic carbocycles. The zero-order chi connectivity index (χ0) is 18.9. The summed E-state index contributed by atoms with van der Waals surface area (Å²) in [6, 6.07) is 14.0. The highest BCUT2D eigenvalue weighted by molar-refractivity contribution is 6.30. The number of nitrogens with one attached hydrogen (secondary N) is 2. The maximum atomic E-state index is 11.8. The number of carbonyl (C=O) groups is 2. The van der Waals surface area contributed by atoms with Gasteiger partial charge in [-0.15, -0.1) is 0 Å². The van der Waals surface area contributed by atoms with Crippen molar-refractivity contribution in [2.45, 2.75) is 26.4 Å². The number of carbonyl (C=O) groups excluding carboxylic acids is 2. The van der Waals surface area contributed by atoms with Crippen LogP contribution in [0.2, 0.25) is 5.02 Å². The Morgan fingerprint density at radius 2 is 1.81 bits per heavy atom. The number of rotatable bonds is 7. The second kappa shape index (κ2) is 9.58. The molecule has 26 heavy (non-hydrogen) atoms. The van der Waals surface area contributed by atoms with E-state index in [2.05, 4.69) is 15.8 Å². The molecule has 0 aliphatic rings. The predicted molar refractivity (Wildman–Crippen MR) is 103 cm³/mol. The van der Waals surface area contributed by atoms with E-state index in [-0.39, 0.29) is 12.5 Å². The smallest absolute Gasteiger partial charge is 0.249 e. The van der Waals surface area contributed by atoms with E-state index < -0.39 is 11.8 Å². The minimum atomic E-state index is -0.519. The topological polar surface area (TPSA) is 79.8 Å². The molecule has 2 rings (SSSR count). The minimum absolute atomic E-state index is 0.0238. The van der Waals surface area contributed by atoms with E-state index >= 15 is 0 Å². The van der Waals surface area contributed by atoms with Crippen molar-refractivity contribution in [2.24, 2.45) is 5.10 Å². The van der Waals surface area contributed by atoms with Gasteiger partial charge in [-0.05, 0) is 50.2 Å². The van der Waals surface area contributed by atoms with E-state index in [1.165, 1.54) is 6.21 Å². The van der Waals surface area contributed by atoms with E-state index in [0.29, 0.717) is 16.5 Å². The maximum Gasteiger partial charge on any atom is 0.249 e. The van der Waals surface area contributed by atoms with E-state index in [0.717, 1.165) is 5.56 Å². The van der Waals surface area contributed by atoms with Gasteiger partial charge in [0.05, 0.1) is 12.3 Å². The van der Waals surface area contributed by atoms with Crippen LogP contribution in [0.1, 0.15) is 25.8 Å². The van der Waals surface area contributed by atoms with Gasteiger partial charge in [-0.25, -0.2) is 5.43 Å². The Morgan fingerprint density at radius 1 is 1.12 bits per heavy atom. The highest BCUT2D eigenvalue weighted by Crippen LogP contribution is 2.17. The van der Waals surface area contributed by atoms with Crippen molar-refractivity contribution >= 4 is 35.3 Å². The molecule has 2 N–H and O–H groups in total.